The molecule has 4 nitrogen and oxygen atoms in total. The van der Waals surface area contributed by atoms with Gasteiger partial charge in [-0.05, 0) is 40.0 Å². The number of nitrogens with one attached hydrogen (secondary N) is 2. The summed E-state index contributed by atoms with van der Waals surface area (Å²) in [6.45, 7) is 6.73. The summed E-state index contributed by atoms with van der Waals surface area (Å²) in [7, 11) is 0. The zero-order valence-electron chi connectivity index (χ0n) is 10.7. The van der Waals surface area contributed by atoms with Crippen LogP contribution in [0.15, 0.2) is 0 Å². The molecule has 0 bridgehead atoms. The number of nitrogens with two attached hydrogens (primary N) is 1. The Morgan fingerprint density at radius 1 is 1.38 bits per heavy atom. The molecule has 0 heterocycles. The lowest BCUT2D eigenvalue weighted by Gasteiger charge is -2.21. The number of hydrogen-bond donors (Lipinski definition) is 3. The summed E-state index contributed by atoms with van der Waals surface area (Å²) in [5.74, 6) is 0.113. The van der Waals surface area contributed by atoms with Gasteiger partial charge in [-0.2, -0.15) is 0 Å². The van der Waals surface area contributed by atoms with Gasteiger partial charge in [-0.25, -0.2) is 0 Å². The molecule has 0 aromatic heterocycles. The average molecular weight is 227 g/mol. The quantitative estimate of drug-likeness (QED) is 0.664. The van der Waals surface area contributed by atoms with Crippen molar-refractivity contribution in [2.75, 3.05) is 6.54 Å². The second-order valence-corrected chi connectivity index (χ2v) is 5.77. The van der Waals surface area contributed by atoms with Gasteiger partial charge in [0, 0.05) is 30.6 Å². The minimum absolute atomic E-state index is 0.113. The van der Waals surface area contributed by atoms with Crippen molar-refractivity contribution in [1.29, 1.82) is 0 Å². The molecule has 0 saturated heterocycles. The van der Waals surface area contributed by atoms with Crippen LogP contribution in [0.25, 0.3) is 0 Å². The van der Waals surface area contributed by atoms with Crippen LogP contribution in [0.4, 0.5) is 0 Å². The van der Waals surface area contributed by atoms with E-state index in [9.17, 15) is 4.79 Å². The molecule has 1 amide bonds. The van der Waals surface area contributed by atoms with Crippen LogP contribution in [-0.4, -0.2) is 30.1 Å². The summed E-state index contributed by atoms with van der Waals surface area (Å²) in [5, 5.41) is 6.34. The summed E-state index contributed by atoms with van der Waals surface area (Å²) < 4.78 is 0. The van der Waals surface area contributed by atoms with Crippen LogP contribution in [0.2, 0.25) is 0 Å². The largest absolute Gasteiger partial charge is 0.351 e. The van der Waals surface area contributed by atoms with Gasteiger partial charge in [0.2, 0.25) is 5.91 Å². The summed E-state index contributed by atoms with van der Waals surface area (Å²) in [6, 6.07) is 0.860. The molecule has 0 radical (unpaired) electrons. The Labute approximate surface area is 98.3 Å². The highest BCUT2D eigenvalue weighted by Gasteiger charge is 2.21. The predicted octanol–water partition coefficient (Wildman–Crippen LogP) is 0.761. The first kappa shape index (κ1) is 13.5. The molecule has 4 N–H and O–H groups in total. The van der Waals surface area contributed by atoms with Crippen molar-refractivity contribution in [3.05, 3.63) is 0 Å². The van der Waals surface area contributed by atoms with Crippen molar-refractivity contribution in [2.45, 2.75) is 64.1 Å². The highest BCUT2D eigenvalue weighted by Crippen LogP contribution is 2.16. The van der Waals surface area contributed by atoms with Crippen molar-refractivity contribution in [3.8, 4) is 0 Å². The highest BCUT2D eigenvalue weighted by atomic mass is 16.1. The molecule has 0 aromatic rings. The second-order valence-electron chi connectivity index (χ2n) is 5.77. The van der Waals surface area contributed by atoms with E-state index in [4.69, 9.17) is 5.73 Å². The molecule has 94 valence electrons. The van der Waals surface area contributed by atoms with Crippen LogP contribution in [0.5, 0.6) is 0 Å². The lowest BCUT2D eigenvalue weighted by Crippen LogP contribution is -2.42. The first-order valence-corrected chi connectivity index (χ1v) is 6.17. The Bertz CT molecular complexity index is 235. The standard InChI is InChI=1S/C12H25N3O/c1-12(2,3)15-11(16)6-7-14-10-5-4-9(13)8-10/h9-10,14H,4-8,13H2,1-3H3,(H,15,16). The molecule has 2 atom stereocenters. The van der Waals surface area contributed by atoms with Crippen LogP contribution in [0, 0.1) is 0 Å². The fourth-order valence-electron chi connectivity index (χ4n) is 2.07. The lowest BCUT2D eigenvalue weighted by atomic mass is 10.1. The highest BCUT2D eigenvalue weighted by molar-refractivity contribution is 5.76. The Hall–Kier alpha value is -0.610. The van der Waals surface area contributed by atoms with Crippen molar-refractivity contribution in [2.24, 2.45) is 5.73 Å². The van der Waals surface area contributed by atoms with Crippen molar-refractivity contribution in [1.82, 2.24) is 10.6 Å². The minimum Gasteiger partial charge on any atom is -0.351 e. The molecular formula is C12H25N3O. The Morgan fingerprint density at radius 3 is 2.56 bits per heavy atom. The molecule has 1 aliphatic carbocycles. The Morgan fingerprint density at radius 2 is 2.06 bits per heavy atom. The molecule has 16 heavy (non-hydrogen) atoms. The third-order valence-electron chi connectivity index (χ3n) is 2.77. The summed E-state index contributed by atoms with van der Waals surface area (Å²) in [5.41, 5.74) is 5.69. The van der Waals surface area contributed by atoms with E-state index < -0.39 is 0 Å². The van der Waals surface area contributed by atoms with Gasteiger partial charge in [-0.1, -0.05) is 0 Å². The van der Waals surface area contributed by atoms with Gasteiger partial charge in [0.25, 0.3) is 0 Å². The zero-order valence-corrected chi connectivity index (χ0v) is 10.7. The van der Waals surface area contributed by atoms with Gasteiger partial charge in [0.15, 0.2) is 0 Å². The number of carbonyl (C=O) groups excluding carboxylic acids is 1. The third kappa shape index (κ3) is 5.47. The first-order valence-electron chi connectivity index (χ1n) is 6.17. The average Bonchev–Trinajstić information content (AvgIpc) is 2.48. The van der Waals surface area contributed by atoms with E-state index in [1.54, 1.807) is 0 Å². The summed E-state index contributed by atoms with van der Waals surface area (Å²) in [6.07, 6.45) is 3.83. The molecular weight excluding hydrogens is 202 g/mol. The maximum atomic E-state index is 11.5. The van der Waals surface area contributed by atoms with E-state index in [0.717, 1.165) is 25.8 Å². The van der Waals surface area contributed by atoms with Crippen LogP contribution in [0.1, 0.15) is 46.5 Å². The van der Waals surface area contributed by atoms with Gasteiger partial charge in [0.05, 0.1) is 0 Å². The number of amides is 1. The molecule has 0 aromatic carbocycles. The molecule has 1 rings (SSSR count). The second kappa shape index (κ2) is 5.64. The van der Waals surface area contributed by atoms with E-state index >= 15 is 0 Å². The molecule has 1 aliphatic rings. The predicted molar refractivity (Wildman–Crippen MR) is 66.1 cm³/mol. The van der Waals surface area contributed by atoms with Gasteiger partial charge >= 0.3 is 0 Å². The molecule has 1 fully saturated rings. The molecule has 0 spiro atoms. The fraction of sp³-hybridized carbons (Fsp3) is 0.917. The Balaban J connectivity index is 2.09. The molecule has 0 aliphatic heterocycles. The monoisotopic (exact) mass is 227 g/mol. The van der Waals surface area contributed by atoms with Gasteiger partial charge in [0.1, 0.15) is 0 Å². The van der Waals surface area contributed by atoms with E-state index in [-0.39, 0.29) is 11.4 Å². The topological polar surface area (TPSA) is 67.2 Å². The lowest BCUT2D eigenvalue weighted by molar-refractivity contribution is -0.122. The Kier molecular flexibility index (Phi) is 4.74. The minimum atomic E-state index is -0.132. The first-order chi connectivity index (χ1) is 7.37. The molecule has 1 saturated carbocycles. The van der Waals surface area contributed by atoms with Crippen LogP contribution < -0.4 is 16.4 Å². The van der Waals surface area contributed by atoms with Crippen LogP contribution in [0.3, 0.4) is 0 Å². The van der Waals surface area contributed by atoms with Gasteiger partial charge in [-0.3, -0.25) is 4.79 Å². The summed E-state index contributed by atoms with van der Waals surface area (Å²) >= 11 is 0. The van der Waals surface area contributed by atoms with Crippen LogP contribution in [-0.2, 0) is 4.79 Å². The van der Waals surface area contributed by atoms with Crippen LogP contribution >= 0.6 is 0 Å². The summed E-state index contributed by atoms with van der Waals surface area (Å²) in [4.78, 5) is 11.5. The number of hydrogen-bond acceptors (Lipinski definition) is 3. The third-order valence-corrected chi connectivity index (χ3v) is 2.77. The van der Waals surface area contributed by atoms with Crippen molar-refractivity contribution in [3.63, 3.8) is 0 Å². The molecule has 4 heteroatoms. The maximum Gasteiger partial charge on any atom is 0.221 e. The van der Waals surface area contributed by atoms with E-state index in [1.807, 2.05) is 20.8 Å². The van der Waals surface area contributed by atoms with E-state index in [2.05, 4.69) is 10.6 Å². The maximum absolute atomic E-state index is 11.5. The van der Waals surface area contributed by atoms with Gasteiger partial charge in [-0.15, -0.1) is 0 Å². The van der Waals surface area contributed by atoms with E-state index in [1.165, 1.54) is 0 Å². The van der Waals surface area contributed by atoms with Gasteiger partial charge < -0.3 is 16.4 Å². The number of carbonyl (C=O) groups is 1. The van der Waals surface area contributed by atoms with Crippen molar-refractivity contribution < 1.29 is 4.79 Å². The molecule has 2 unspecified atom stereocenters. The van der Waals surface area contributed by atoms with Crippen molar-refractivity contribution >= 4 is 5.91 Å². The fourth-order valence-corrected chi connectivity index (χ4v) is 2.07. The van der Waals surface area contributed by atoms with E-state index in [0.29, 0.717) is 18.5 Å². The number of rotatable bonds is 4. The zero-order chi connectivity index (χ0) is 12.2. The SMILES string of the molecule is CC(C)(C)NC(=O)CCNC1CCC(N)C1. The normalized spacial score (nSPS) is 25.8. The smallest absolute Gasteiger partial charge is 0.221 e.